The van der Waals surface area contributed by atoms with Crippen LogP contribution >= 0.6 is 99.3 Å². The molecule has 72 valence electrons. The van der Waals surface area contributed by atoms with Crippen LogP contribution in [0.3, 0.4) is 0 Å². The molecule has 10 heavy (non-hydrogen) atoms. The summed E-state index contributed by atoms with van der Waals surface area (Å²) in [5, 5.41) is 0. The van der Waals surface area contributed by atoms with Crippen LogP contribution in [0, 0.1) is 0 Å². The molecule has 0 spiro atoms. The fourth-order valence-electron chi connectivity index (χ4n) is 0. The monoisotopic (exact) mass is 384 g/mol. The molecule has 0 aliphatic heterocycles. The van der Waals surface area contributed by atoms with E-state index in [9.17, 15) is 0 Å². The first kappa shape index (κ1) is 159. The van der Waals surface area contributed by atoms with Gasteiger partial charge in [-0.3, -0.25) is 0 Å². The van der Waals surface area contributed by atoms with Gasteiger partial charge in [-0.1, -0.05) is 0 Å². The molecule has 0 unspecified atom stereocenters. The zero-order chi connectivity index (χ0) is 0. The molecule has 0 rings (SSSR count). The second kappa shape index (κ2) is 125. The maximum absolute atomic E-state index is 0. The first-order chi connectivity index (χ1) is 0. The number of hydrogen-bond acceptors (Lipinski definition) is 0. The summed E-state index contributed by atoms with van der Waals surface area (Å²) in [5.41, 5.74) is 0. The van der Waals surface area contributed by atoms with Gasteiger partial charge in [0.15, 0.2) is 0 Å². The van der Waals surface area contributed by atoms with E-state index >= 15 is 0 Å². The number of hydrogen-bond donors (Lipinski definition) is 0. The van der Waals surface area contributed by atoms with Gasteiger partial charge in [0.2, 0.25) is 0 Å². The first-order valence-electron chi connectivity index (χ1n) is 0. The van der Waals surface area contributed by atoms with Crippen molar-refractivity contribution in [3.05, 3.63) is 0 Å². The van der Waals surface area contributed by atoms with Crippen molar-refractivity contribution in [2.24, 2.45) is 0 Å². The standard InChI is InChI=1S/8ClH.2Ti/h8*1H;;. The summed E-state index contributed by atoms with van der Waals surface area (Å²) >= 11 is 0. The van der Waals surface area contributed by atoms with E-state index in [1.807, 2.05) is 0 Å². The van der Waals surface area contributed by atoms with Crippen molar-refractivity contribution in [2.75, 3.05) is 0 Å². The van der Waals surface area contributed by atoms with Crippen LogP contribution in [0.4, 0.5) is 0 Å². The van der Waals surface area contributed by atoms with Crippen molar-refractivity contribution in [3.63, 3.8) is 0 Å². The van der Waals surface area contributed by atoms with E-state index in [-0.39, 0.29) is 143 Å². The van der Waals surface area contributed by atoms with Crippen LogP contribution in [0.1, 0.15) is 0 Å². The first-order valence-corrected chi connectivity index (χ1v) is 0. The van der Waals surface area contributed by atoms with Gasteiger partial charge in [0.05, 0.1) is 0 Å². The molecule has 0 radical (unpaired) electrons. The van der Waals surface area contributed by atoms with E-state index in [1.165, 1.54) is 0 Å². The molecular formula is H8Cl8Ti2. The largest absolute Gasteiger partial charge is 0.147 e. The van der Waals surface area contributed by atoms with Crippen LogP contribution in [0.15, 0.2) is 0 Å². The van der Waals surface area contributed by atoms with Gasteiger partial charge in [0.25, 0.3) is 0 Å². The Kier molecular flexibility index (Phi) is 1990. The molecule has 0 amide bonds. The Hall–Kier alpha value is 3.75. The van der Waals surface area contributed by atoms with Gasteiger partial charge in [-0.05, 0) is 0 Å². The zero-order valence-corrected chi connectivity index (χ0v) is 13.9. The second-order valence-electron chi connectivity index (χ2n) is 0. The van der Waals surface area contributed by atoms with Crippen molar-refractivity contribution < 1.29 is 43.4 Å². The summed E-state index contributed by atoms with van der Waals surface area (Å²) in [6.07, 6.45) is 0. The van der Waals surface area contributed by atoms with Crippen LogP contribution in [0.25, 0.3) is 0 Å². The SMILES string of the molecule is Cl.Cl.Cl.Cl.Cl.Cl.Cl.Cl.[Ti].[Ti]. The molecule has 0 aliphatic carbocycles. The molecule has 0 aromatic carbocycles. The van der Waals surface area contributed by atoms with Crippen LogP contribution in [0.2, 0.25) is 0 Å². The molecule has 0 aromatic heterocycles. The second-order valence-corrected chi connectivity index (χ2v) is 0. The third kappa shape index (κ3) is 96.6. The molecule has 0 saturated carbocycles. The Morgan fingerprint density at radius 1 is 0.200 bits per heavy atom. The Morgan fingerprint density at radius 2 is 0.200 bits per heavy atom. The van der Waals surface area contributed by atoms with E-state index in [1.54, 1.807) is 0 Å². The average Bonchev–Trinajstić information content (AvgIpc) is 0. The molecule has 0 bridgehead atoms. The fourth-order valence-corrected chi connectivity index (χ4v) is 0. The van der Waals surface area contributed by atoms with Gasteiger partial charge in [0.1, 0.15) is 0 Å². The van der Waals surface area contributed by atoms with Crippen LogP contribution in [-0.4, -0.2) is 0 Å². The third-order valence-corrected chi connectivity index (χ3v) is 0. The normalized spacial score (nSPS) is 0. The number of halogens is 8. The molecule has 0 heterocycles. The van der Waals surface area contributed by atoms with Crippen molar-refractivity contribution in [3.8, 4) is 0 Å². The Bertz CT molecular complexity index is 7.22. The number of rotatable bonds is 0. The van der Waals surface area contributed by atoms with Gasteiger partial charge in [-0.25, -0.2) is 0 Å². The predicted molar refractivity (Wildman–Crippen MR) is 58.0 cm³/mol. The minimum Gasteiger partial charge on any atom is -0.147 e. The summed E-state index contributed by atoms with van der Waals surface area (Å²) in [7, 11) is 0. The smallest absolute Gasteiger partial charge is 0 e. The topological polar surface area (TPSA) is 0 Å². The van der Waals surface area contributed by atoms with Crippen molar-refractivity contribution in [2.45, 2.75) is 0 Å². The summed E-state index contributed by atoms with van der Waals surface area (Å²) in [4.78, 5) is 0. The van der Waals surface area contributed by atoms with E-state index in [0.29, 0.717) is 0 Å². The van der Waals surface area contributed by atoms with Crippen LogP contribution in [0.5, 0.6) is 0 Å². The molecular weight excluding hydrogens is 379 g/mol. The average molecular weight is 387 g/mol. The zero-order valence-electron chi connectivity index (χ0n) is 4.27. The van der Waals surface area contributed by atoms with Gasteiger partial charge in [0, 0.05) is 43.4 Å². The van der Waals surface area contributed by atoms with Gasteiger partial charge >= 0.3 is 0 Å². The summed E-state index contributed by atoms with van der Waals surface area (Å²) in [6, 6.07) is 0. The fraction of sp³-hybridized carbons (Fsp3) is 0. The molecule has 0 fully saturated rings. The Morgan fingerprint density at radius 3 is 0.200 bits per heavy atom. The van der Waals surface area contributed by atoms with Gasteiger partial charge < -0.3 is 0 Å². The van der Waals surface area contributed by atoms with E-state index in [0.717, 1.165) is 0 Å². The molecule has 10 heteroatoms. The molecule has 0 aliphatic rings. The van der Waals surface area contributed by atoms with E-state index in [4.69, 9.17) is 0 Å². The summed E-state index contributed by atoms with van der Waals surface area (Å²) < 4.78 is 0. The van der Waals surface area contributed by atoms with Crippen molar-refractivity contribution >= 4 is 99.3 Å². The molecule has 0 atom stereocenters. The summed E-state index contributed by atoms with van der Waals surface area (Å²) in [5.74, 6) is 0. The third-order valence-electron chi connectivity index (χ3n) is 0. The molecule has 0 saturated heterocycles. The molecule has 0 nitrogen and oxygen atoms in total. The summed E-state index contributed by atoms with van der Waals surface area (Å²) in [6.45, 7) is 0. The van der Waals surface area contributed by atoms with Gasteiger partial charge in [-0.2, -0.15) is 0 Å². The minimum absolute atomic E-state index is 0. The predicted octanol–water partition coefficient (Wildman–Crippen LogP) is 3.37. The van der Waals surface area contributed by atoms with Crippen molar-refractivity contribution in [1.82, 2.24) is 0 Å². The maximum Gasteiger partial charge on any atom is 0 e. The van der Waals surface area contributed by atoms with E-state index in [2.05, 4.69) is 0 Å². The molecule has 0 aromatic rings. The molecule has 0 N–H and O–H groups in total. The maximum atomic E-state index is 0. The van der Waals surface area contributed by atoms with E-state index < -0.39 is 0 Å². The Balaban J connectivity index is 0. The Labute approximate surface area is 141 Å². The van der Waals surface area contributed by atoms with Gasteiger partial charge in [-0.15, -0.1) is 99.3 Å². The van der Waals surface area contributed by atoms with Crippen molar-refractivity contribution in [1.29, 1.82) is 0 Å². The van der Waals surface area contributed by atoms with Crippen LogP contribution < -0.4 is 0 Å². The quantitative estimate of drug-likeness (QED) is 0.559. The minimum atomic E-state index is 0. The van der Waals surface area contributed by atoms with Crippen LogP contribution in [-0.2, 0) is 43.4 Å².